The van der Waals surface area contributed by atoms with Gasteiger partial charge < -0.3 is 20.7 Å². The number of fused-ring (bicyclic) bond motifs is 1. The zero-order valence-electron chi connectivity index (χ0n) is 16.7. The number of nitrogens with two attached hydrogens (primary N) is 1. The fourth-order valence-electron chi connectivity index (χ4n) is 3.16. The van der Waals surface area contributed by atoms with Crippen molar-refractivity contribution in [3.05, 3.63) is 35.9 Å². The van der Waals surface area contributed by atoms with Gasteiger partial charge in [0.2, 0.25) is 0 Å². The third-order valence-electron chi connectivity index (χ3n) is 4.73. The van der Waals surface area contributed by atoms with Crippen molar-refractivity contribution in [3.63, 3.8) is 0 Å². The number of nitrogens with zero attached hydrogens (tertiary/aromatic N) is 4. The third-order valence-corrected chi connectivity index (χ3v) is 4.73. The number of aromatic nitrogens is 1. The molecule has 0 radical (unpaired) electrons. The van der Waals surface area contributed by atoms with E-state index in [-0.39, 0.29) is 24.0 Å². The Labute approximate surface area is 184 Å². The molecular weight excluding hydrogens is 467 g/mol. The van der Waals surface area contributed by atoms with Crippen LogP contribution in [0.4, 0.5) is 5.82 Å². The summed E-state index contributed by atoms with van der Waals surface area (Å²) in [5.74, 6) is 1.42. The van der Waals surface area contributed by atoms with E-state index in [0.29, 0.717) is 12.5 Å². The van der Waals surface area contributed by atoms with Crippen molar-refractivity contribution in [1.29, 1.82) is 0 Å². The van der Waals surface area contributed by atoms with Crippen molar-refractivity contribution in [2.45, 2.75) is 13.0 Å². The summed E-state index contributed by atoms with van der Waals surface area (Å²) < 4.78 is 5.37. The Morgan fingerprint density at radius 1 is 1.29 bits per heavy atom. The summed E-state index contributed by atoms with van der Waals surface area (Å²) in [5.41, 5.74) is 8.17. The highest BCUT2D eigenvalue weighted by molar-refractivity contribution is 14.0. The molecule has 0 atom stereocenters. The molecule has 1 aliphatic rings. The van der Waals surface area contributed by atoms with Crippen LogP contribution in [0.15, 0.2) is 35.3 Å². The summed E-state index contributed by atoms with van der Waals surface area (Å²) in [7, 11) is 3.99. The summed E-state index contributed by atoms with van der Waals surface area (Å²) in [5, 5.41) is 4.34. The molecule has 0 bridgehead atoms. The highest BCUT2D eigenvalue weighted by atomic mass is 127. The number of para-hydroxylation sites is 1. The SMILES string of the molecule is CN(C)c1cc(CN=C(N)NCCCN2CCOCC2)c2ccccc2n1.I. The number of hydrogen-bond acceptors (Lipinski definition) is 5. The van der Waals surface area contributed by atoms with E-state index in [0.717, 1.165) is 68.1 Å². The summed E-state index contributed by atoms with van der Waals surface area (Å²) in [6.07, 6.45) is 1.04. The molecule has 1 aromatic heterocycles. The van der Waals surface area contributed by atoms with E-state index in [1.165, 1.54) is 0 Å². The Bertz CT molecular complexity index is 776. The first-order valence-corrected chi connectivity index (χ1v) is 9.53. The van der Waals surface area contributed by atoms with Crippen LogP contribution in [0.25, 0.3) is 10.9 Å². The summed E-state index contributed by atoms with van der Waals surface area (Å²) in [6.45, 7) is 6.14. The topological polar surface area (TPSA) is 79.0 Å². The van der Waals surface area contributed by atoms with Gasteiger partial charge in [-0.1, -0.05) is 18.2 Å². The minimum absolute atomic E-state index is 0. The van der Waals surface area contributed by atoms with E-state index >= 15 is 0 Å². The molecule has 3 N–H and O–H groups in total. The molecule has 154 valence electrons. The largest absolute Gasteiger partial charge is 0.379 e. The highest BCUT2D eigenvalue weighted by Gasteiger charge is 2.09. The molecule has 2 aromatic rings. The van der Waals surface area contributed by atoms with Crippen molar-refractivity contribution in [2.24, 2.45) is 10.7 Å². The maximum Gasteiger partial charge on any atom is 0.188 e. The van der Waals surface area contributed by atoms with Crippen LogP contribution in [0.5, 0.6) is 0 Å². The Balaban J connectivity index is 0.00000280. The van der Waals surface area contributed by atoms with Crippen LogP contribution < -0.4 is 16.0 Å². The van der Waals surface area contributed by atoms with Gasteiger partial charge in [0, 0.05) is 39.1 Å². The Morgan fingerprint density at radius 3 is 2.79 bits per heavy atom. The standard InChI is InChI=1S/C20H30N6O.HI/c1-25(2)19-14-16(17-6-3-4-7-18(17)24-19)15-23-20(21)22-8-5-9-26-10-12-27-13-11-26;/h3-4,6-7,14H,5,8-13,15H2,1-2H3,(H3,21,22,23);1H. The van der Waals surface area contributed by atoms with Crippen molar-refractivity contribution < 1.29 is 4.74 Å². The molecule has 7 nitrogen and oxygen atoms in total. The second-order valence-corrected chi connectivity index (χ2v) is 6.99. The van der Waals surface area contributed by atoms with Crippen LogP contribution in [0, 0.1) is 0 Å². The van der Waals surface area contributed by atoms with Crippen molar-refractivity contribution in [2.75, 3.05) is 58.4 Å². The second kappa shape index (κ2) is 11.4. The van der Waals surface area contributed by atoms with Gasteiger partial charge in [-0.2, -0.15) is 0 Å². The van der Waals surface area contributed by atoms with Gasteiger partial charge >= 0.3 is 0 Å². The zero-order chi connectivity index (χ0) is 19.1. The van der Waals surface area contributed by atoms with E-state index in [4.69, 9.17) is 10.5 Å². The van der Waals surface area contributed by atoms with Gasteiger partial charge in [0.15, 0.2) is 5.96 Å². The van der Waals surface area contributed by atoms with Crippen LogP contribution in [-0.2, 0) is 11.3 Å². The van der Waals surface area contributed by atoms with Crippen molar-refractivity contribution in [3.8, 4) is 0 Å². The first-order chi connectivity index (χ1) is 13.1. The quantitative estimate of drug-likeness (QED) is 0.263. The smallest absolute Gasteiger partial charge is 0.188 e. The average Bonchev–Trinajstić information content (AvgIpc) is 2.70. The molecular formula is C20H31IN6O. The first kappa shape index (κ1) is 22.6. The summed E-state index contributed by atoms with van der Waals surface area (Å²) in [6, 6.07) is 10.2. The minimum Gasteiger partial charge on any atom is -0.379 e. The fraction of sp³-hybridized carbons (Fsp3) is 0.500. The van der Waals surface area contributed by atoms with Crippen LogP contribution in [0.3, 0.4) is 0 Å². The van der Waals surface area contributed by atoms with Crippen molar-refractivity contribution in [1.82, 2.24) is 15.2 Å². The summed E-state index contributed by atoms with van der Waals surface area (Å²) in [4.78, 5) is 13.6. The zero-order valence-corrected chi connectivity index (χ0v) is 19.1. The number of pyridine rings is 1. The number of morpholine rings is 1. The normalized spacial score (nSPS) is 15.3. The maximum absolute atomic E-state index is 6.06. The Kier molecular flexibility index (Phi) is 9.20. The number of ether oxygens (including phenoxy) is 1. The number of anilines is 1. The maximum atomic E-state index is 6.06. The fourth-order valence-corrected chi connectivity index (χ4v) is 3.16. The van der Waals surface area contributed by atoms with Crippen LogP contribution in [0.1, 0.15) is 12.0 Å². The molecule has 28 heavy (non-hydrogen) atoms. The van der Waals surface area contributed by atoms with Crippen molar-refractivity contribution >= 4 is 46.7 Å². The van der Waals surface area contributed by atoms with E-state index in [1.807, 2.05) is 37.2 Å². The minimum atomic E-state index is 0. The predicted molar refractivity (Wildman–Crippen MR) is 127 cm³/mol. The molecule has 1 fully saturated rings. The molecule has 8 heteroatoms. The molecule has 0 unspecified atom stereocenters. The summed E-state index contributed by atoms with van der Waals surface area (Å²) >= 11 is 0. The van der Waals surface area contributed by atoms with E-state index in [1.54, 1.807) is 0 Å². The van der Waals surface area contributed by atoms with Gasteiger partial charge in [0.25, 0.3) is 0 Å². The number of halogens is 1. The number of aliphatic imine (C=N–C) groups is 1. The van der Waals surface area contributed by atoms with Gasteiger partial charge in [-0.15, -0.1) is 24.0 Å². The van der Waals surface area contributed by atoms with Crippen LogP contribution in [-0.4, -0.2) is 69.3 Å². The number of hydrogen-bond donors (Lipinski definition) is 2. The number of nitrogens with one attached hydrogen (secondary N) is 1. The van der Waals surface area contributed by atoms with Crippen LogP contribution >= 0.6 is 24.0 Å². The van der Waals surface area contributed by atoms with E-state index in [9.17, 15) is 0 Å². The molecule has 1 aliphatic heterocycles. The first-order valence-electron chi connectivity index (χ1n) is 9.53. The number of rotatable bonds is 7. The molecule has 0 saturated carbocycles. The lowest BCUT2D eigenvalue weighted by Crippen LogP contribution is -2.39. The number of guanidine groups is 1. The lowest BCUT2D eigenvalue weighted by atomic mass is 10.1. The molecule has 1 aromatic carbocycles. The lowest BCUT2D eigenvalue weighted by Gasteiger charge is -2.26. The van der Waals surface area contributed by atoms with Gasteiger partial charge in [-0.05, 0) is 30.7 Å². The number of benzene rings is 1. The molecule has 0 spiro atoms. The molecule has 0 aliphatic carbocycles. The third kappa shape index (κ3) is 6.46. The monoisotopic (exact) mass is 498 g/mol. The molecule has 0 amide bonds. The van der Waals surface area contributed by atoms with E-state index < -0.39 is 0 Å². The second-order valence-electron chi connectivity index (χ2n) is 6.99. The average molecular weight is 498 g/mol. The van der Waals surface area contributed by atoms with Gasteiger partial charge in [0.1, 0.15) is 5.82 Å². The molecule has 2 heterocycles. The molecule has 3 rings (SSSR count). The van der Waals surface area contributed by atoms with E-state index in [2.05, 4.69) is 32.3 Å². The van der Waals surface area contributed by atoms with Crippen LogP contribution in [0.2, 0.25) is 0 Å². The molecule has 1 saturated heterocycles. The lowest BCUT2D eigenvalue weighted by molar-refractivity contribution is 0.0376. The van der Waals surface area contributed by atoms with Gasteiger partial charge in [-0.25, -0.2) is 9.98 Å². The van der Waals surface area contributed by atoms with Gasteiger partial charge in [-0.3, -0.25) is 4.90 Å². The Hall–Kier alpha value is -1.65. The van der Waals surface area contributed by atoms with Gasteiger partial charge in [0.05, 0.1) is 25.3 Å². The predicted octanol–water partition coefficient (Wildman–Crippen LogP) is 2.05. The Morgan fingerprint density at radius 2 is 2.04 bits per heavy atom. The highest BCUT2D eigenvalue weighted by Crippen LogP contribution is 2.22.